The Morgan fingerprint density at radius 2 is 2.11 bits per heavy atom. The standard InChI is InChI=1S/C12H9NO4Se/c1-6(11(15)16)4-9(14)7-2-3-8-10(5-7)18-12(17)13-8/h2-3,5H,1,4H2,(H,13,17)(H,15,16). The number of rotatable bonds is 4. The van der Waals surface area contributed by atoms with Crippen LogP contribution in [-0.4, -0.2) is 36.3 Å². The zero-order chi connectivity index (χ0) is 13.3. The average molecular weight is 310 g/mol. The van der Waals surface area contributed by atoms with Crippen molar-refractivity contribution in [3.8, 4) is 0 Å². The van der Waals surface area contributed by atoms with E-state index in [1.165, 1.54) is 0 Å². The number of nitrogens with one attached hydrogen (secondary N) is 1. The van der Waals surface area contributed by atoms with Crippen LogP contribution in [0.4, 0.5) is 0 Å². The molecule has 0 radical (unpaired) electrons. The average Bonchev–Trinajstić information content (AvgIpc) is 2.67. The van der Waals surface area contributed by atoms with Crippen LogP contribution in [-0.2, 0) is 4.79 Å². The van der Waals surface area contributed by atoms with Gasteiger partial charge in [-0.1, -0.05) is 0 Å². The molecule has 5 nitrogen and oxygen atoms in total. The molecule has 0 saturated heterocycles. The van der Waals surface area contributed by atoms with E-state index in [2.05, 4.69) is 11.6 Å². The molecule has 0 aliphatic carbocycles. The maximum atomic E-state index is 11.8. The monoisotopic (exact) mass is 311 g/mol. The van der Waals surface area contributed by atoms with E-state index in [4.69, 9.17) is 5.11 Å². The summed E-state index contributed by atoms with van der Waals surface area (Å²) < 4.78 is 0.774. The fraction of sp³-hybridized carbons (Fsp3) is 0.0833. The Bertz CT molecular complexity index is 710. The maximum absolute atomic E-state index is 11.8. The van der Waals surface area contributed by atoms with E-state index in [-0.39, 0.29) is 36.7 Å². The molecule has 0 bridgehead atoms. The molecule has 2 aromatic rings. The normalized spacial score (nSPS) is 10.4. The molecule has 1 aromatic heterocycles. The van der Waals surface area contributed by atoms with Crippen LogP contribution in [0.25, 0.3) is 9.78 Å². The summed E-state index contributed by atoms with van der Waals surface area (Å²) in [6, 6.07) is 4.89. The fourth-order valence-corrected chi connectivity index (χ4v) is 3.12. The van der Waals surface area contributed by atoms with E-state index in [0.717, 1.165) is 9.78 Å². The summed E-state index contributed by atoms with van der Waals surface area (Å²) in [7, 11) is 0. The number of hydrogen-bond acceptors (Lipinski definition) is 3. The number of H-pyrrole nitrogens is 1. The summed E-state index contributed by atoms with van der Waals surface area (Å²) in [5.74, 6) is -1.48. The molecule has 6 heteroatoms. The first-order chi connectivity index (χ1) is 8.47. The van der Waals surface area contributed by atoms with Gasteiger partial charge in [-0.15, -0.1) is 0 Å². The Labute approximate surface area is 108 Å². The number of carboxylic acid groups (broad SMARTS) is 1. The number of aromatic amines is 1. The second-order valence-corrected chi connectivity index (χ2v) is 5.86. The van der Waals surface area contributed by atoms with Crippen molar-refractivity contribution in [3.05, 3.63) is 45.1 Å². The van der Waals surface area contributed by atoms with Crippen molar-refractivity contribution < 1.29 is 14.7 Å². The van der Waals surface area contributed by atoms with Crippen LogP contribution in [0.5, 0.6) is 0 Å². The van der Waals surface area contributed by atoms with Crippen molar-refractivity contribution >= 4 is 36.0 Å². The molecule has 0 fully saturated rings. The number of carboxylic acids is 1. The molecule has 1 heterocycles. The molecule has 1 aromatic carbocycles. The molecular weight excluding hydrogens is 301 g/mol. The Hall–Kier alpha value is -1.91. The third-order valence-corrected chi connectivity index (χ3v) is 4.19. The zero-order valence-corrected chi connectivity index (χ0v) is 10.9. The Morgan fingerprint density at radius 1 is 1.39 bits per heavy atom. The van der Waals surface area contributed by atoms with Crippen LogP contribution in [0.3, 0.4) is 0 Å². The first-order valence-corrected chi connectivity index (χ1v) is 6.76. The van der Waals surface area contributed by atoms with Crippen LogP contribution in [0, 0.1) is 0 Å². The molecular formula is C12H9NO4Se. The van der Waals surface area contributed by atoms with Gasteiger partial charge < -0.3 is 0 Å². The molecule has 0 amide bonds. The molecule has 0 unspecified atom stereocenters. The van der Waals surface area contributed by atoms with Crippen LogP contribution >= 0.6 is 0 Å². The number of aromatic nitrogens is 1. The van der Waals surface area contributed by atoms with Crippen molar-refractivity contribution in [2.24, 2.45) is 0 Å². The van der Waals surface area contributed by atoms with Gasteiger partial charge in [0.2, 0.25) is 0 Å². The van der Waals surface area contributed by atoms with E-state index in [0.29, 0.717) is 5.56 Å². The van der Waals surface area contributed by atoms with Gasteiger partial charge in [0.25, 0.3) is 0 Å². The van der Waals surface area contributed by atoms with Crippen molar-refractivity contribution in [1.82, 2.24) is 4.98 Å². The molecule has 2 rings (SSSR count). The topological polar surface area (TPSA) is 87.2 Å². The summed E-state index contributed by atoms with van der Waals surface area (Å²) in [6.07, 6.45) is -0.220. The third-order valence-electron chi connectivity index (χ3n) is 2.42. The number of fused-ring (bicyclic) bond motifs is 1. The minimum absolute atomic E-state index is 0.0444. The van der Waals surface area contributed by atoms with E-state index in [1.807, 2.05) is 0 Å². The Kier molecular flexibility index (Phi) is 3.32. The van der Waals surface area contributed by atoms with Gasteiger partial charge in [0.1, 0.15) is 0 Å². The van der Waals surface area contributed by atoms with Crippen LogP contribution in [0.15, 0.2) is 35.1 Å². The predicted octanol–water partition coefficient (Wildman–Crippen LogP) is 0.799. The third kappa shape index (κ3) is 2.50. The van der Waals surface area contributed by atoms with Crippen molar-refractivity contribution in [3.63, 3.8) is 0 Å². The summed E-state index contributed by atoms with van der Waals surface area (Å²) in [5, 5.41) is 8.66. The fourth-order valence-electron chi connectivity index (χ4n) is 1.49. The molecule has 0 aliphatic rings. The Morgan fingerprint density at radius 3 is 2.78 bits per heavy atom. The first-order valence-electron chi connectivity index (χ1n) is 5.04. The zero-order valence-electron chi connectivity index (χ0n) is 9.23. The minimum atomic E-state index is -1.18. The van der Waals surface area contributed by atoms with Gasteiger partial charge in [0, 0.05) is 0 Å². The van der Waals surface area contributed by atoms with E-state index in [9.17, 15) is 14.4 Å². The molecule has 0 aliphatic heterocycles. The van der Waals surface area contributed by atoms with Crippen LogP contribution in [0.2, 0.25) is 0 Å². The second kappa shape index (κ2) is 4.76. The van der Waals surface area contributed by atoms with E-state index < -0.39 is 5.97 Å². The predicted molar refractivity (Wildman–Crippen MR) is 67.2 cm³/mol. The summed E-state index contributed by atoms with van der Waals surface area (Å²) in [5.41, 5.74) is 1.00. The number of hydrogen-bond donors (Lipinski definition) is 2. The van der Waals surface area contributed by atoms with E-state index in [1.54, 1.807) is 18.2 Å². The second-order valence-electron chi connectivity index (χ2n) is 3.73. The number of aliphatic carboxylic acids is 1. The number of carbonyl (C=O) groups excluding carboxylic acids is 1. The molecule has 2 N–H and O–H groups in total. The van der Waals surface area contributed by atoms with Gasteiger partial charge in [0.05, 0.1) is 0 Å². The summed E-state index contributed by atoms with van der Waals surface area (Å²) in [4.78, 5) is 36.3. The first kappa shape index (κ1) is 12.5. The van der Waals surface area contributed by atoms with Crippen molar-refractivity contribution in [2.45, 2.75) is 6.42 Å². The van der Waals surface area contributed by atoms with Crippen LogP contribution < -0.4 is 4.43 Å². The molecule has 18 heavy (non-hydrogen) atoms. The quantitative estimate of drug-likeness (QED) is 0.497. The molecule has 0 spiro atoms. The van der Waals surface area contributed by atoms with Gasteiger partial charge in [-0.05, 0) is 0 Å². The van der Waals surface area contributed by atoms with Gasteiger partial charge in [-0.2, -0.15) is 0 Å². The molecule has 0 atom stereocenters. The Balaban J connectivity index is 2.30. The van der Waals surface area contributed by atoms with Gasteiger partial charge >= 0.3 is 107 Å². The SMILES string of the molecule is C=C(CC(=O)c1ccc2[nH]c(=O)[se]c2c1)C(=O)O. The van der Waals surface area contributed by atoms with Gasteiger partial charge in [-0.25, -0.2) is 0 Å². The summed E-state index contributed by atoms with van der Waals surface area (Å²) >= 11 is -0.324. The number of ketones is 1. The number of Topliss-reactive ketones (excluding diaryl/α,β-unsaturated/α-hetero) is 1. The van der Waals surface area contributed by atoms with Gasteiger partial charge in [0.15, 0.2) is 0 Å². The molecule has 0 saturated carbocycles. The number of carbonyl (C=O) groups is 2. The summed E-state index contributed by atoms with van der Waals surface area (Å²) in [6.45, 7) is 3.32. The number of benzene rings is 1. The van der Waals surface area contributed by atoms with Gasteiger partial charge in [-0.3, -0.25) is 0 Å². The van der Waals surface area contributed by atoms with Crippen LogP contribution in [0.1, 0.15) is 16.8 Å². The van der Waals surface area contributed by atoms with Crippen molar-refractivity contribution in [1.29, 1.82) is 0 Å². The van der Waals surface area contributed by atoms with E-state index >= 15 is 0 Å². The van der Waals surface area contributed by atoms with Crippen molar-refractivity contribution in [2.75, 3.05) is 0 Å². The molecule has 92 valence electrons.